The Labute approximate surface area is 166 Å². The summed E-state index contributed by atoms with van der Waals surface area (Å²) in [5.74, 6) is 0.584. The standard InChI is InChI=1S/C22H30N4O2/c1-28-21(17-7-3-2-4-8-17)22(27)24-20-11-14-23-26(20)19-12-15-25(16-13-19)18-9-5-6-10-18/h2-4,7-8,11,14,18-19,21H,5-6,9-10,12-13,15-16H2,1H3,(H,24,27)/t21-/m0/s1. The summed E-state index contributed by atoms with van der Waals surface area (Å²) < 4.78 is 7.44. The number of methoxy groups -OCH3 is 1. The van der Waals surface area contributed by atoms with Gasteiger partial charge in [0, 0.05) is 32.3 Å². The van der Waals surface area contributed by atoms with Crippen LogP contribution in [0.4, 0.5) is 5.82 Å². The molecule has 28 heavy (non-hydrogen) atoms. The van der Waals surface area contributed by atoms with Gasteiger partial charge in [-0.05, 0) is 31.2 Å². The Balaban J connectivity index is 1.39. The molecule has 1 aliphatic carbocycles. The molecule has 1 saturated heterocycles. The number of hydrogen-bond acceptors (Lipinski definition) is 4. The predicted octanol–water partition coefficient (Wildman–Crippen LogP) is 3.79. The van der Waals surface area contributed by atoms with Crippen LogP contribution in [0.1, 0.15) is 56.2 Å². The van der Waals surface area contributed by atoms with E-state index in [-0.39, 0.29) is 5.91 Å². The van der Waals surface area contributed by atoms with Gasteiger partial charge in [0.1, 0.15) is 5.82 Å². The predicted molar refractivity (Wildman–Crippen MR) is 109 cm³/mol. The number of ether oxygens (including phenoxy) is 1. The summed E-state index contributed by atoms with van der Waals surface area (Å²) in [6.45, 7) is 2.24. The average Bonchev–Trinajstić information content (AvgIpc) is 3.42. The molecule has 0 spiro atoms. The first kappa shape index (κ1) is 19.2. The van der Waals surface area contributed by atoms with Gasteiger partial charge in [-0.1, -0.05) is 43.2 Å². The number of anilines is 1. The minimum absolute atomic E-state index is 0.168. The highest BCUT2D eigenvalue weighted by molar-refractivity contribution is 5.94. The van der Waals surface area contributed by atoms with E-state index in [1.165, 1.54) is 25.7 Å². The second-order valence-corrected chi connectivity index (χ2v) is 7.88. The van der Waals surface area contributed by atoms with Gasteiger partial charge in [-0.15, -0.1) is 0 Å². The van der Waals surface area contributed by atoms with Gasteiger partial charge in [-0.25, -0.2) is 4.68 Å². The lowest BCUT2D eigenvalue weighted by molar-refractivity contribution is -0.126. The molecule has 1 amide bonds. The summed E-state index contributed by atoms with van der Waals surface area (Å²) >= 11 is 0. The molecule has 4 rings (SSSR count). The number of amides is 1. The maximum absolute atomic E-state index is 12.8. The van der Waals surface area contributed by atoms with Gasteiger partial charge in [0.05, 0.1) is 12.2 Å². The Morgan fingerprint density at radius 1 is 1.07 bits per heavy atom. The normalized spacial score (nSPS) is 20.3. The Morgan fingerprint density at radius 3 is 2.46 bits per heavy atom. The Kier molecular flexibility index (Phi) is 6.07. The van der Waals surface area contributed by atoms with Gasteiger partial charge in [0.15, 0.2) is 6.10 Å². The van der Waals surface area contributed by atoms with Crippen molar-refractivity contribution in [2.24, 2.45) is 0 Å². The molecule has 2 aromatic rings. The lowest BCUT2D eigenvalue weighted by atomic mass is 10.0. The van der Waals surface area contributed by atoms with E-state index in [4.69, 9.17) is 4.74 Å². The maximum atomic E-state index is 12.8. The lowest BCUT2D eigenvalue weighted by Gasteiger charge is -2.36. The zero-order chi connectivity index (χ0) is 19.3. The number of rotatable bonds is 6. The van der Waals surface area contributed by atoms with Crippen LogP contribution in [0.5, 0.6) is 0 Å². The van der Waals surface area contributed by atoms with E-state index < -0.39 is 6.10 Å². The van der Waals surface area contributed by atoms with Crippen LogP contribution in [-0.4, -0.2) is 46.8 Å². The maximum Gasteiger partial charge on any atom is 0.259 e. The number of piperidine rings is 1. The van der Waals surface area contributed by atoms with Gasteiger partial charge >= 0.3 is 0 Å². The molecule has 0 unspecified atom stereocenters. The van der Waals surface area contributed by atoms with Crippen molar-refractivity contribution >= 4 is 11.7 Å². The van der Waals surface area contributed by atoms with Gasteiger partial charge < -0.3 is 15.0 Å². The topological polar surface area (TPSA) is 59.4 Å². The molecular weight excluding hydrogens is 352 g/mol. The number of aromatic nitrogens is 2. The summed E-state index contributed by atoms with van der Waals surface area (Å²) in [4.78, 5) is 15.5. The van der Waals surface area contributed by atoms with E-state index >= 15 is 0 Å². The number of carbonyl (C=O) groups excluding carboxylic acids is 1. The zero-order valence-corrected chi connectivity index (χ0v) is 16.6. The number of carbonyl (C=O) groups is 1. The fourth-order valence-corrected chi connectivity index (χ4v) is 4.68. The molecule has 2 fully saturated rings. The highest BCUT2D eigenvalue weighted by Crippen LogP contribution is 2.31. The monoisotopic (exact) mass is 382 g/mol. The molecule has 1 aliphatic heterocycles. The molecule has 2 aliphatic rings. The van der Waals surface area contributed by atoms with Crippen molar-refractivity contribution in [1.82, 2.24) is 14.7 Å². The van der Waals surface area contributed by atoms with Crippen molar-refractivity contribution in [3.05, 3.63) is 48.2 Å². The molecule has 1 aromatic heterocycles. The van der Waals surface area contributed by atoms with Crippen molar-refractivity contribution in [3.63, 3.8) is 0 Å². The number of nitrogens with one attached hydrogen (secondary N) is 1. The van der Waals surface area contributed by atoms with Crippen molar-refractivity contribution in [1.29, 1.82) is 0 Å². The van der Waals surface area contributed by atoms with E-state index in [1.807, 2.05) is 41.1 Å². The highest BCUT2D eigenvalue weighted by Gasteiger charge is 2.29. The van der Waals surface area contributed by atoms with Crippen LogP contribution in [0.25, 0.3) is 0 Å². The Bertz CT molecular complexity index is 762. The fourth-order valence-electron chi connectivity index (χ4n) is 4.68. The van der Waals surface area contributed by atoms with Crippen LogP contribution in [-0.2, 0) is 9.53 Å². The van der Waals surface area contributed by atoms with Crippen LogP contribution in [0.3, 0.4) is 0 Å². The van der Waals surface area contributed by atoms with Gasteiger partial charge in [-0.2, -0.15) is 5.10 Å². The van der Waals surface area contributed by atoms with Crippen LogP contribution in [0, 0.1) is 0 Å². The van der Waals surface area contributed by atoms with Crippen LogP contribution in [0.15, 0.2) is 42.6 Å². The molecule has 6 nitrogen and oxygen atoms in total. The number of likely N-dealkylation sites (tertiary alicyclic amines) is 1. The molecule has 1 saturated carbocycles. The van der Waals surface area contributed by atoms with E-state index in [0.717, 1.165) is 43.4 Å². The lowest BCUT2D eigenvalue weighted by Crippen LogP contribution is -2.41. The summed E-state index contributed by atoms with van der Waals surface area (Å²) in [5.41, 5.74) is 0.846. The molecule has 6 heteroatoms. The first-order valence-corrected chi connectivity index (χ1v) is 10.4. The molecule has 0 bridgehead atoms. The zero-order valence-electron chi connectivity index (χ0n) is 16.6. The summed E-state index contributed by atoms with van der Waals surface area (Å²) in [6, 6.07) is 12.6. The quantitative estimate of drug-likeness (QED) is 0.826. The molecule has 1 N–H and O–H groups in total. The molecule has 2 heterocycles. The highest BCUT2D eigenvalue weighted by atomic mass is 16.5. The third kappa shape index (κ3) is 4.13. The second kappa shape index (κ2) is 8.88. The van der Waals surface area contributed by atoms with Gasteiger partial charge in [0.2, 0.25) is 0 Å². The van der Waals surface area contributed by atoms with Gasteiger partial charge in [-0.3, -0.25) is 4.79 Å². The first-order valence-electron chi connectivity index (χ1n) is 10.4. The largest absolute Gasteiger partial charge is 0.367 e. The van der Waals surface area contributed by atoms with Crippen molar-refractivity contribution in [3.8, 4) is 0 Å². The van der Waals surface area contributed by atoms with Crippen molar-refractivity contribution in [2.75, 3.05) is 25.5 Å². The summed E-state index contributed by atoms with van der Waals surface area (Å²) in [6.07, 6.45) is 8.75. The van der Waals surface area contributed by atoms with Crippen LogP contribution in [0.2, 0.25) is 0 Å². The SMILES string of the molecule is CO[C@H](C(=O)Nc1ccnn1C1CCN(C2CCCC2)CC1)c1ccccc1. The Morgan fingerprint density at radius 2 is 1.79 bits per heavy atom. The third-order valence-corrected chi connectivity index (χ3v) is 6.18. The second-order valence-electron chi connectivity index (χ2n) is 7.88. The van der Waals surface area contributed by atoms with E-state index in [9.17, 15) is 4.79 Å². The number of hydrogen-bond donors (Lipinski definition) is 1. The van der Waals surface area contributed by atoms with Gasteiger partial charge in [0.25, 0.3) is 5.91 Å². The van der Waals surface area contributed by atoms with E-state index in [0.29, 0.717) is 6.04 Å². The minimum Gasteiger partial charge on any atom is -0.367 e. The Hall–Kier alpha value is -2.18. The number of benzene rings is 1. The average molecular weight is 383 g/mol. The van der Waals surface area contributed by atoms with E-state index in [1.54, 1.807) is 13.3 Å². The summed E-state index contributed by atoms with van der Waals surface area (Å²) in [7, 11) is 1.56. The molecule has 150 valence electrons. The van der Waals surface area contributed by atoms with Crippen LogP contribution >= 0.6 is 0 Å². The fraction of sp³-hybridized carbons (Fsp3) is 0.545. The molecule has 1 aromatic carbocycles. The van der Waals surface area contributed by atoms with Crippen LogP contribution < -0.4 is 5.32 Å². The number of nitrogens with zero attached hydrogens (tertiary/aromatic N) is 3. The third-order valence-electron chi connectivity index (χ3n) is 6.18. The molecule has 0 radical (unpaired) electrons. The van der Waals surface area contributed by atoms with Crippen molar-refractivity contribution < 1.29 is 9.53 Å². The first-order chi connectivity index (χ1) is 13.8. The molecule has 1 atom stereocenters. The van der Waals surface area contributed by atoms with Crippen molar-refractivity contribution in [2.45, 2.75) is 56.7 Å². The smallest absolute Gasteiger partial charge is 0.259 e. The minimum atomic E-state index is -0.631. The van der Waals surface area contributed by atoms with E-state index in [2.05, 4.69) is 15.3 Å². The molecular formula is C22H30N4O2. The summed E-state index contributed by atoms with van der Waals surface area (Å²) in [5, 5.41) is 7.54.